The fourth-order valence-electron chi connectivity index (χ4n) is 1.34. The Morgan fingerprint density at radius 3 is 3.08 bits per heavy atom. The van der Waals surface area contributed by atoms with Crippen molar-refractivity contribution in [2.45, 2.75) is 6.54 Å². The van der Waals surface area contributed by atoms with Crippen LogP contribution < -0.4 is 5.73 Å². The van der Waals surface area contributed by atoms with Crippen LogP contribution >= 0.6 is 15.9 Å². The highest BCUT2D eigenvalue weighted by Crippen LogP contribution is 2.18. The van der Waals surface area contributed by atoms with E-state index in [1.54, 1.807) is 0 Å². The molecule has 2 N–H and O–H groups in total. The molecule has 68 valence electrons. The fourth-order valence-corrected chi connectivity index (χ4v) is 1.69. The van der Waals surface area contributed by atoms with Gasteiger partial charge in [0, 0.05) is 16.4 Å². The van der Waals surface area contributed by atoms with E-state index in [0.29, 0.717) is 6.54 Å². The van der Waals surface area contributed by atoms with E-state index in [4.69, 9.17) is 5.73 Å². The molecular formula is C9H10BrN3. The van der Waals surface area contributed by atoms with Crippen molar-refractivity contribution in [1.82, 2.24) is 9.78 Å². The molecule has 0 spiro atoms. The lowest BCUT2D eigenvalue weighted by atomic mass is 10.2. The average Bonchev–Trinajstić information content (AvgIpc) is 2.49. The van der Waals surface area contributed by atoms with Crippen molar-refractivity contribution < 1.29 is 0 Å². The maximum Gasteiger partial charge on any atom is 0.0694 e. The predicted octanol–water partition coefficient (Wildman–Crippen LogP) is 1.76. The van der Waals surface area contributed by atoms with E-state index in [2.05, 4.69) is 27.1 Å². The number of nitrogens with two attached hydrogens (primary N) is 1. The highest BCUT2D eigenvalue weighted by molar-refractivity contribution is 9.10. The Balaban J connectivity index is 2.58. The summed E-state index contributed by atoms with van der Waals surface area (Å²) >= 11 is 3.43. The Hall–Kier alpha value is -0.870. The topological polar surface area (TPSA) is 43.8 Å². The molecule has 4 heteroatoms. The third-order valence-electron chi connectivity index (χ3n) is 1.95. The summed E-state index contributed by atoms with van der Waals surface area (Å²) in [6.07, 6.45) is 1.86. The highest BCUT2D eigenvalue weighted by Gasteiger charge is 2.01. The zero-order chi connectivity index (χ0) is 9.26. The Morgan fingerprint density at radius 1 is 1.46 bits per heavy atom. The number of hydrogen-bond donors (Lipinski definition) is 1. The van der Waals surface area contributed by atoms with Crippen LogP contribution in [0.4, 0.5) is 0 Å². The predicted molar refractivity (Wildman–Crippen MR) is 56.5 cm³/mol. The first-order chi connectivity index (χ1) is 6.31. The Morgan fingerprint density at radius 2 is 2.31 bits per heavy atom. The Labute approximate surface area is 84.7 Å². The van der Waals surface area contributed by atoms with Crippen molar-refractivity contribution in [1.29, 1.82) is 0 Å². The molecule has 2 rings (SSSR count). The van der Waals surface area contributed by atoms with Gasteiger partial charge in [-0.25, -0.2) is 0 Å². The van der Waals surface area contributed by atoms with Crippen LogP contribution in [-0.4, -0.2) is 16.3 Å². The van der Waals surface area contributed by atoms with Crippen LogP contribution in [0.5, 0.6) is 0 Å². The van der Waals surface area contributed by atoms with Crippen molar-refractivity contribution in [2.75, 3.05) is 6.54 Å². The van der Waals surface area contributed by atoms with E-state index in [1.807, 2.05) is 23.0 Å². The quantitative estimate of drug-likeness (QED) is 0.869. The first kappa shape index (κ1) is 8.72. The van der Waals surface area contributed by atoms with Crippen LogP contribution in [0, 0.1) is 0 Å². The van der Waals surface area contributed by atoms with Crippen molar-refractivity contribution in [2.24, 2.45) is 5.73 Å². The summed E-state index contributed by atoms with van der Waals surface area (Å²) < 4.78 is 2.99. The molecular weight excluding hydrogens is 230 g/mol. The molecule has 3 nitrogen and oxygen atoms in total. The van der Waals surface area contributed by atoms with Crippen molar-refractivity contribution in [3.8, 4) is 0 Å². The van der Waals surface area contributed by atoms with Crippen molar-refractivity contribution in [3.63, 3.8) is 0 Å². The van der Waals surface area contributed by atoms with Gasteiger partial charge in [0.1, 0.15) is 0 Å². The SMILES string of the molecule is NCCn1ncc2ccc(Br)cc21. The monoisotopic (exact) mass is 239 g/mol. The van der Waals surface area contributed by atoms with Crippen LogP contribution in [-0.2, 0) is 6.54 Å². The van der Waals surface area contributed by atoms with Gasteiger partial charge in [-0.05, 0) is 12.1 Å². The molecule has 0 fully saturated rings. The zero-order valence-corrected chi connectivity index (χ0v) is 8.66. The standard InChI is InChI=1S/C9H10BrN3/c10-8-2-1-7-6-12-13(4-3-11)9(7)5-8/h1-2,5-6H,3-4,11H2. The van der Waals surface area contributed by atoms with Crippen molar-refractivity contribution in [3.05, 3.63) is 28.9 Å². The molecule has 0 aliphatic rings. The van der Waals surface area contributed by atoms with Gasteiger partial charge in [-0.15, -0.1) is 0 Å². The van der Waals surface area contributed by atoms with Gasteiger partial charge in [-0.1, -0.05) is 22.0 Å². The van der Waals surface area contributed by atoms with E-state index in [1.165, 1.54) is 0 Å². The van der Waals surface area contributed by atoms with Crippen LogP contribution in [0.25, 0.3) is 10.9 Å². The van der Waals surface area contributed by atoms with Gasteiger partial charge >= 0.3 is 0 Å². The van der Waals surface area contributed by atoms with Crippen LogP contribution in [0.2, 0.25) is 0 Å². The average molecular weight is 240 g/mol. The molecule has 1 aromatic carbocycles. The molecule has 0 amide bonds. The molecule has 0 aliphatic heterocycles. The largest absolute Gasteiger partial charge is 0.329 e. The van der Waals surface area contributed by atoms with Gasteiger partial charge in [0.15, 0.2) is 0 Å². The van der Waals surface area contributed by atoms with Gasteiger partial charge in [0.2, 0.25) is 0 Å². The smallest absolute Gasteiger partial charge is 0.0694 e. The minimum absolute atomic E-state index is 0.614. The molecule has 1 heterocycles. The molecule has 2 aromatic rings. The van der Waals surface area contributed by atoms with E-state index >= 15 is 0 Å². The second-order valence-corrected chi connectivity index (χ2v) is 3.78. The molecule has 0 saturated carbocycles. The summed E-state index contributed by atoms with van der Waals surface area (Å²) in [5, 5.41) is 5.39. The summed E-state index contributed by atoms with van der Waals surface area (Å²) in [5.41, 5.74) is 6.60. The lowest BCUT2D eigenvalue weighted by Crippen LogP contribution is -2.10. The van der Waals surface area contributed by atoms with Gasteiger partial charge in [-0.3, -0.25) is 4.68 Å². The second kappa shape index (κ2) is 3.47. The Kier molecular flexibility index (Phi) is 2.33. The van der Waals surface area contributed by atoms with E-state index < -0.39 is 0 Å². The number of fused-ring (bicyclic) bond motifs is 1. The molecule has 0 saturated heterocycles. The van der Waals surface area contributed by atoms with E-state index in [0.717, 1.165) is 21.9 Å². The molecule has 13 heavy (non-hydrogen) atoms. The number of hydrogen-bond acceptors (Lipinski definition) is 2. The normalized spacial score (nSPS) is 10.9. The minimum atomic E-state index is 0.614. The zero-order valence-electron chi connectivity index (χ0n) is 7.07. The maximum atomic E-state index is 5.48. The van der Waals surface area contributed by atoms with Crippen LogP contribution in [0.1, 0.15) is 0 Å². The number of aromatic nitrogens is 2. The molecule has 0 atom stereocenters. The van der Waals surface area contributed by atoms with Gasteiger partial charge < -0.3 is 5.73 Å². The molecule has 1 aromatic heterocycles. The molecule has 0 aliphatic carbocycles. The summed E-state index contributed by atoms with van der Waals surface area (Å²) in [4.78, 5) is 0. The first-order valence-electron chi connectivity index (χ1n) is 4.12. The van der Waals surface area contributed by atoms with Gasteiger partial charge in [0.05, 0.1) is 18.3 Å². The van der Waals surface area contributed by atoms with Crippen molar-refractivity contribution >= 4 is 26.8 Å². The van der Waals surface area contributed by atoms with Crippen LogP contribution in [0.15, 0.2) is 28.9 Å². The lowest BCUT2D eigenvalue weighted by molar-refractivity contribution is 0.646. The summed E-state index contributed by atoms with van der Waals surface area (Å²) in [6, 6.07) is 6.11. The first-order valence-corrected chi connectivity index (χ1v) is 4.91. The summed E-state index contributed by atoms with van der Waals surface area (Å²) in [6.45, 7) is 1.38. The number of rotatable bonds is 2. The lowest BCUT2D eigenvalue weighted by Gasteiger charge is -2.00. The second-order valence-electron chi connectivity index (χ2n) is 2.86. The Bertz CT molecular complexity index is 422. The molecule has 0 radical (unpaired) electrons. The molecule has 0 unspecified atom stereocenters. The van der Waals surface area contributed by atoms with E-state index in [-0.39, 0.29) is 0 Å². The van der Waals surface area contributed by atoms with Crippen LogP contribution in [0.3, 0.4) is 0 Å². The number of halogens is 1. The molecule has 0 bridgehead atoms. The highest BCUT2D eigenvalue weighted by atomic mass is 79.9. The summed E-state index contributed by atoms with van der Waals surface area (Å²) in [7, 11) is 0. The number of nitrogens with zero attached hydrogens (tertiary/aromatic N) is 2. The van der Waals surface area contributed by atoms with E-state index in [9.17, 15) is 0 Å². The number of benzene rings is 1. The van der Waals surface area contributed by atoms with Gasteiger partial charge in [-0.2, -0.15) is 5.10 Å². The van der Waals surface area contributed by atoms with Gasteiger partial charge in [0.25, 0.3) is 0 Å². The fraction of sp³-hybridized carbons (Fsp3) is 0.222. The summed E-state index contributed by atoms with van der Waals surface area (Å²) in [5.74, 6) is 0. The third kappa shape index (κ3) is 1.59. The minimum Gasteiger partial charge on any atom is -0.329 e. The maximum absolute atomic E-state index is 5.48. The third-order valence-corrected chi connectivity index (χ3v) is 2.44.